The third-order valence-corrected chi connectivity index (χ3v) is 9.83. The summed E-state index contributed by atoms with van der Waals surface area (Å²) in [5.41, 5.74) is 3.08. The normalized spacial score (nSPS) is 13.1. The van der Waals surface area contributed by atoms with Crippen LogP contribution in [0.5, 0.6) is 5.75 Å². The van der Waals surface area contributed by atoms with Crippen LogP contribution in [0.1, 0.15) is 56.5 Å². The van der Waals surface area contributed by atoms with Crippen LogP contribution in [-0.2, 0) is 27.2 Å². The van der Waals surface area contributed by atoms with Gasteiger partial charge in [0.25, 0.3) is 11.8 Å². The summed E-state index contributed by atoms with van der Waals surface area (Å²) in [6.45, 7) is 1.78. The van der Waals surface area contributed by atoms with E-state index in [0.717, 1.165) is 41.0 Å². The quantitative estimate of drug-likeness (QED) is 0.0898. The number of amides is 3. The minimum absolute atomic E-state index is 0.0508. The molecule has 3 N–H and O–H groups in total. The van der Waals surface area contributed by atoms with Crippen molar-refractivity contribution in [1.82, 2.24) is 5.32 Å². The van der Waals surface area contributed by atoms with Crippen molar-refractivity contribution in [3.8, 4) is 5.75 Å². The van der Waals surface area contributed by atoms with E-state index < -0.39 is 23.0 Å². The molecule has 242 valence electrons. The lowest BCUT2D eigenvalue weighted by Gasteiger charge is -2.14. The fourth-order valence-electron chi connectivity index (χ4n) is 5.10. The van der Waals surface area contributed by atoms with Gasteiger partial charge in [0.1, 0.15) is 16.4 Å². The Labute approximate surface area is 281 Å². The van der Waals surface area contributed by atoms with Crippen molar-refractivity contribution in [3.63, 3.8) is 0 Å². The van der Waals surface area contributed by atoms with E-state index in [0.29, 0.717) is 33.1 Å². The molecule has 47 heavy (non-hydrogen) atoms. The Hall–Kier alpha value is -4.87. The molecule has 1 heterocycles. The molecule has 3 amide bonds. The SMILES string of the molecule is COC(=O)c1c(NC(=O)C(C)Sc2cccc(NC(=O)/C(=C\c3ccc(OC)cc3)NC(=O)c3ccccc3)c2)sc2c1CCCC2. The first-order valence-corrected chi connectivity index (χ1v) is 16.8. The van der Waals surface area contributed by atoms with Crippen LogP contribution in [0, 0.1) is 0 Å². The predicted octanol–water partition coefficient (Wildman–Crippen LogP) is 6.95. The number of thioether (sulfide) groups is 1. The van der Waals surface area contributed by atoms with Gasteiger partial charge in [-0.2, -0.15) is 0 Å². The summed E-state index contributed by atoms with van der Waals surface area (Å²) in [6, 6.07) is 22.8. The van der Waals surface area contributed by atoms with Crippen molar-refractivity contribution in [1.29, 1.82) is 0 Å². The van der Waals surface area contributed by atoms with Crippen molar-refractivity contribution in [2.45, 2.75) is 42.8 Å². The lowest BCUT2D eigenvalue weighted by Crippen LogP contribution is -2.30. The topological polar surface area (TPSA) is 123 Å². The second-order valence-electron chi connectivity index (χ2n) is 10.8. The van der Waals surface area contributed by atoms with Crippen LogP contribution in [0.3, 0.4) is 0 Å². The zero-order valence-corrected chi connectivity index (χ0v) is 27.9. The molecule has 1 aromatic heterocycles. The maximum atomic E-state index is 13.5. The molecule has 1 aliphatic carbocycles. The molecular formula is C36H35N3O6S2. The highest BCUT2D eigenvalue weighted by atomic mass is 32.2. The maximum Gasteiger partial charge on any atom is 0.341 e. The molecular weight excluding hydrogens is 635 g/mol. The highest BCUT2D eigenvalue weighted by Crippen LogP contribution is 2.39. The number of fused-ring (bicyclic) bond motifs is 1. The van der Waals surface area contributed by atoms with Gasteiger partial charge in [-0.05, 0) is 92.3 Å². The van der Waals surface area contributed by atoms with Crippen LogP contribution in [0.2, 0.25) is 0 Å². The number of anilines is 2. The van der Waals surface area contributed by atoms with Crippen molar-refractivity contribution in [3.05, 3.63) is 112 Å². The Balaban J connectivity index is 1.29. The van der Waals surface area contributed by atoms with Gasteiger partial charge in [0.2, 0.25) is 5.91 Å². The van der Waals surface area contributed by atoms with Crippen molar-refractivity contribution in [2.24, 2.45) is 0 Å². The molecule has 0 saturated heterocycles. The Morgan fingerprint density at radius 2 is 1.64 bits per heavy atom. The third-order valence-electron chi connectivity index (χ3n) is 7.53. The number of thiophene rings is 1. The summed E-state index contributed by atoms with van der Waals surface area (Å²) in [5.74, 6) is -0.968. The lowest BCUT2D eigenvalue weighted by molar-refractivity contribution is -0.115. The molecule has 11 heteroatoms. The molecule has 5 rings (SSSR count). The van der Waals surface area contributed by atoms with E-state index in [-0.39, 0.29) is 11.6 Å². The largest absolute Gasteiger partial charge is 0.497 e. The molecule has 9 nitrogen and oxygen atoms in total. The minimum Gasteiger partial charge on any atom is -0.497 e. The summed E-state index contributed by atoms with van der Waals surface area (Å²) < 4.78 is 10.3. The van der Waals surface area contributed by atoms with E-state index in [1.165, 1.54) is 30.2 Å². The van der Waals surface area contributed by atoms with E-state index in [1.54, 1.807) is 86.8 Å². The van der Waals surface area contributed by atoms with Crippen molar-refractivity contribution in [2.75, 3.05) is 24.9 Å². The van der Waals surface area contributed by atoms with Crippen LogP contribution in [-0.4, -0.2) is 43.2 Å². The van der Waals surface area contributed by atoms with Crippen LogP contribution in [0.25, 0.3) is 6.08 Å². The Morgan fingerprint density at radius 1 is 0.894 bits per heavy atom. The van der Waals surface area contributed by atoms with E-state index in [4.69, 9.17) is 9.47 Å². The Morgan fingerprint density at radius 3 is 2.36 bits per heavy atom. The number of methoxy groups -OCH3 is 2. The van der Waals surface area contributed by atoms with Gasteiger partial charge in [0.05, 0.1) is 25.0 Å². The summed E-state index contributed by atoms with van der Waals surface area (Å²) in [6.07, 6.45) is 5.32. The number of esters is 1. The first-order chi connectivity index (χ1) is 22.7. The average molecular weight is 670 g/mol. The Bertz CT molecular complexity index is 1800. The molecule has 1 atom stereocenters. The summed E-state index contributed by atoms with van der Waals surface area (Å²) in [5, 5.41) is 8.58. The zero-order chi connectivity index (χ0) is 33.3. The number of nitrogens with one attached hydrogen (secondary N) is 3. The summed E-state index contributed by atoms with van der Waals surface area (Å²) in [4.78, 5) is 54.3. The van der Waals surface area contributed by atoms with Crippen molar-refractivity contribution < 1.29 is 28.7 Å². The number of hydrogen-bond acceptors (Lipinski definition) is 8. The van der Waals surface area contributed by atoms with E-state index in [1.807, 2.05) is 12.1 Å². The highest BCUT2D eigenvalue weighted by Gasteiger charge is 2.28. The molecule has 3 aromatic carbocycles. The first-order valence-electron chi connectivity index (χ1n) is 15.1. The maximum absolute atomic E-state index is 13.5. The van der Waals surface area contributed by atoms with Crippen LogP contribution >= 0.6 is 23.1 Å². The molecule has 0 aliphatic heterocycles. The second kappa shape index (κ2) is 15.6. The number of carbonyl (C=O) groups is 4. The molecule has 1 aliphatic rings. The van der Waals surface area contributed by atoms with Gasteiger partial charge in [-0.15, -0.1) is 23.1 Å². The van der Waals surface area contributed by atoms with Gasteiger partial charge in [-0.1, -0.05) is 36.4 Å². The van der Waals surface area contributed by atoms with Gasteiger partial charge >= 0.3 is 5.97 Å². The predicted molar refractivity (Wildman–Crippen MR) is 186 cm³/mol. The molecule has 0 fully saturated rings. The molecule has 0 spiro atoms. The highest BCUT2D eigenvalue weighted by molar-refractivity contribution is 8.00. The van der Waals surface area contributed by atoms with Gasteiger partial charge in [-0.25, -0.2) is 4.79 Å². The fourth-order valence-corrected chi connectivity index (χ4v) is 7.30. The minimum atomic E-state index is -0.518. The van der Waals surface area contributed by atoms with Gasteiger partial charge in [0, 0.05) is 21.0 Å². The van der Waals surface area contributed by atoms with Crippen LogP contribution in [0.15, 0.2) is 89.5 Å². The molecule has 0 bridgehead atoms. The first kappa shape index (κ1) is 33.5. The van der Waals surface area contributed by atoms with E-state index in [2.05, 4.69) is 16.0 Å². The number of benzene rings is 3. The monoisotopic (exact) mass is 669 g/mol. The van der Waals surface area contributed by atoms with Crippen molar-refractivity contribution >= 4 is 63.6 Å². The van der Waals surface area contributed by atoms with Crippen LogP contribution < -0.4 is 20.7 Å². The van der Waals surface area contributed by atoms with Gasteiger partial charge in [-0.3, -0.25) is 14.4 Å². The van der Waals surface area contributed by atoms with Gasteiger partial charge < -0.3 is 25.4 Å². The number of aryl methyl sites for hydroxylation is 1. The third kappa shape index (κ3) is 8.49. The number of hydrogen-bond donors (Lipinski definition) is 3. The molecule has 0 radical (unpaired) electrons. The fraction of sp³-hybridized carbons (Fsp3) is 0.222. The number of rotatable bonds is 11. The standard InChI is InChI=1S/C36H35N3O6S2/c1-22(32(40)39-35-31(36(43)45-3)28-14-7-8-15-30(28)47-35)46-27-13-9-12-25(21-27)37-34(42)29(20-23-16-18-26(44-2)19-17-23)38-33(41)24-10-5-4-6-11-24/h4-6,9-13,16-22H,7-8,14-15H2,1-3H3,(H,37,42)(H,38,41)(H,39,40)/b29-20+. The number of ether oxygens (including phenoxy) is 2. The number of carbonyl (C=O) groups excluding carboxylic acids is 4. The average Bonchev–Trinajstić information content (AvgIpc) is 3.46. The lowest BCUT2D eigenvalue weighted by atomic mass is 9.95. The van der Waals surface area contributed by atoms with Gasteiger partial charge in [0.15, 0.2) is 0 Å². The van der Waals surface area contributed by atoms with E-state index in [9.17, 15) is 19.2 Å². The molecule has 1 unspecified atom stereocenters. The second-order valence-corrected chi connectivity index (χ2v) is 13.3. The summed E-state index contributed by atoms with van der Waals surface area (Å²) >= 11 is 2.76. The smallest absolute Gasteiger partial charge is 0.341 e. The Kier molecular flexibility index (Phi) is 11.1. The molecule has 4 aromatic rings. The van der Waals surface area contributed by atoms with E-state index >= 15 is 0 Å². The molecule has 0 saturated carbocycles. The van der Waals surface area contributed by atoms with Crippen LogP contribution in [0.4, 0.5) is 10.7 Å². The zero-order valence-electron chi connectivity index (χ0n) is 26.3. The summed E-state index contributed by atoms with van der Waals surface area (Å²) in [7, 11) is 2.92.